The monoisotopic (exact) mass is 303 g/mol. The number of thioether (sulfide) groups is 1. The Labute approximate surface area is 120 Å². The van der Waals surface area contributed by atoms with Gasteiger partial charge in [-0.05, 0) is 5.92 Å². The summed E-state index contributed by atoms with van der Waals surface area (Å²) in [5, 5.41) is 1.68. The fraction of sp³-hybridized carbons (Fsp3) is 0.636. The summed E-state index contributed by atoms with van der Waals surface area (Å²) in [4.78, 5) is 46.7. The lowest BCUT2D eigenvalue weighted by Gasteiger charge is -2.21. The molecule has 20 heavy (non-hydrogen) atoms. The van der Waals surface area contributed by atoms with E-state index in [1.165, 1.54) is 4.90 Å². The van der Waals surface area contributed by atoms with E-state index in [-0.39, 0.29) is 17.7 Å². The molecule has 0 saturated carbocycles. The molecule has 8 nitrogen and oxygen atoms in total. The van der Waals surface area contributed by atoms with Gasteiger partial charge in [0.25, 0.3) is 11.1 Å². The molecular weight excluding hydrogens is 286 g/mol. The Balaban J connectivity index is 2.56. The SMILES string of the molecule is CC(C)[C@H](OC(=O)CN1CCSC1=O)C(=O)NC(N)=O. The molecule has 1 atom stereocenters. The van der Waals surface area contributed by atoms with Crippen LogP contribution < -0.4 is 11.1 Å². The van der Waals surface area contributed by atoms with Crippen molar-refractivity contribution in [3.8, 4) is 0 Å². The lowest BCUT2D eigenvalue weighted by Crippen LogP contribution is -2.46. The van der Waals surface area contributed by atoms with Crippen LogP contribution in [0, 0.1) is 5.92 Å². The highest BCUT2D eigenvalue weighted by molar-refractivity contribution is 8.13. The van der Waals surface area contributed by atoms with E-state index in [0.29, 0.717) is 12.3 Å². The molecule has 0 radical (unpaired) electrons. The Morgan fingerprint density at radius 3 is 2.55 bits per heavy atom. The van der Waals surface area contributed by atoms with Crippen LogP contribution in [0.4, 0.5) is 9.59 Å². The normalized spacial score (nSPS) is 16.1. The van der Waals surface area contributed by atoms with Gasteiger partial charge in [0.15, 0.2) is 6.10 Å². The average molecular weight is 303 g/mol. The minimum Gasteiger partial charge on any atom is -0.451 e. The van der Waals surface area contributed by atoms with E-state index in [2.05, 4.69) is 0 Å². The summed E-state index contributed by atoms with van der Waals surface area (Å²) in [6.07, 6.45) is -1.12. The highest BCUT2D eigenvalue weighted by Crippen LogP contribution is 2.17. The van der Waals surface area contributed by atoms with Gasteiger partial charge >= 0.3 is 12.0 Å². The van der Waals surface area contributed by atoms with Crippen LogP contribution in [0.25, 0.3) is 0 Å². The van der Waals surface area contributed by atoms with E-state index in [1.54, 1.807) is 13.8 Å². The van der Waals surface area contributed by atoms with E-state index in [0.717, 1.165) is 11.8 Å². The standard InChI is InChI=1S/C11H17N3O5S/c1-6(2)8(9(16)13-10(12)17)19-7(15)5-14-3-4-20-11(14)18/h6,8H,3-5H2,1-2H3,(H3,12,13,16,17)/t8-/m0/s1. The maximum atomic E-state index is 11.7. The van der Waals surface area contributed by atoms with Crippen LogP contribution >= 0.6 is 11.8 Å². The quantitative estimate of drug-likeness (QED) is 0.686. The number of esters is 1. The molecule has 1 aliphatic heterocycles. The number of nitrogens with one attached hydrogen (secondary N) is 1. The van der Waals surface area contributed by atoms with Gasteiger partial charge in [0.2, 0.25) is 0 Å². The molecule has 1 rings (SSSR count). The summed E-state index contributed by atoms with van der Waals surface area (Å²) in [6, 6.07) is -1.01. The lowest BCUT2D eigenvalue weighted by atomic mass is 10.1. The van der Waals surface area contributed by atoms with Crippen molar-refractivity contribution in [3.63, 3.8) is 0 Å². The van der Waals surface area contributed by atoms with Crippen molar-refractivity contribution in [2.75, 3.05) is 18.8 Å². The maximum absolute atomic E-state index is 11.7. The lowest BCUT2D eigenvalue weighted by molar-refractivity contribution is -0.158. The zero-order valence-electron chi connectivity index (χ0n) is 11.3. The molecule has 112 valence electrons. The van der Waals surface area contributed by atoms with E-state index in [1.807, 2.05) is 5.32 Å². The van der Waals surface area contributed by atoms with Crippen molar-refractivity contribution in [2.24, 2.45) is 11.7 Å². The molecule has 0 spiro atoms. The van der Waals surface area contributed by atoms with E-state index >= 15 is 0 Å². The number of carbonyl (C=O) groups excluding carboxylic acids is 4. The van der Waals surface area contributed by atoms with Crippen LogP contribution in [0.1, 0.15) is 13.8 Å². The molecule has 3 N–H and O–H groups in total. The first-order valence-corrected chi connectivity index (χ1v) is 7.01. The molecule has 0 aromatic rings. The number of rotatable bonds is 5. The van der Waals surface area contributed by atoms with Crippen molar-refractivity contribution in [2.45, 2.75) is 20.0 Å². The van der Waals surface area contributed by atoms with Crippen LogP contribution in [0.2, 0.25) is 0 Å². The zero-order valence-corrected chi connectivity index (χ0v) is 12.1. The second kappa shape index (κ2) is 7.13. The Hall–Kier alpha value is -1.77. The van der Waals surface area contributed by atoms with Gasteiger partial charge < -0.3 is 15.4 Å². The molecule has 4 amide bonds. The molecule has 1 aliphatic rings. The third-order valence-corrected chi connectivity index (χ3v) is 3.43. The summed E-state index contributed by atoms with van der Waals surface area (Å²) >= 11 is 1.13. The third-order valence-electron chi connectivity index (χ3n) is 2.53. The van der Waals surface area contributed by atoms with Crippen molar-refractivity contribution in [3.05, 3.63) is 0 Å². The molecule has 1 heterocycles. The number of nitrogens with two attached hydrogens (primary N) is 1. The minimum absolute atomic E-state index is 0.190. The molecule has 0 aliphatic carbocycles. The second-order valence-corrected chi connectivity index (χ2v) is 5.59. The second-order valence-electron chi connectivity index (χ2n) is 4.54. The summed E-state index contributed by atoms with van der Waals surface area (Å²) in [6.45, 7) is 3.59. The topological polar surface area (TPSA) is 119 Å². The molecule has 0 bridgehead atoms. The molecule has 0 aromatic carbocycles. The first-order chi connectivity index (χ1) is 9.31. The fourth-order valence-electron chi connectivity index (χ4n) is 1.59. The minimum atomic E-state index is -1.12. The molecular formula is C11H17N3O5S. The van der Waals surface area contributed by atoms with Gasteiger partial charge in [-0.2, -0.15) is 0 Å². The zero-order chi connectivity index (χ0) is 15.3. The van der Waals surface area contributed by atoms with Crippen molar-refractivity contribution in [1.29, 1.82) is 0 Å². The number of ether oxygens (including phenoxy) is 1. The summed E-state index contributed by atoms with van der Waals surface area (Å²) < 4.78 is 5.02. The van der Waals surface area contributed by atoms with Gasteiger partial charge in [-0.25, -0.2) is 4.79 Å². The summed E-state index contributed by atoms with van der Waals surface area (Å²) in [5.41, 5.74) is 4.85. The highest BCUT2D eigenvalue weighted by Gasteiger charge is 2.30. The largest absolute Gasteiger partial charge is 0.451 e. The maximum Gasteiger partial charge on any atom is 0.326 e. The van der Waals surface area contributed by atoms with E-state index in [4.69, 9.17) is 10.5 Å². The van der Waals surface area contributed by atoms with Gasteiger partial charge in [0.1, 0.15) is 6.54 Å². The molecule has 0 unspecified atom stereocenters. The Kier molecular flexibility index (Phi) is 5.81. The van der Waals surface area contributed by atoms with Gasteiger partial charge in [-0.1, -0.05) is 25.6 Å². The number of urea groups is 1. The van der Waals surface area contributed by atoms with Crippen LogP contribution in [-0.2, 0) is 14.3 Å². The number of imide groups is 1. The van der Waals surface area contributed by atoms with Crippen LogP contribution in [-0.4, -0.2) is 53.0 Å². The van der Waals surface area contributed by atoms with Gasteiger partial charge in [0, 0.05) is 12.3 Å². The van der Waals surface area contributed by atoms with Gasteiger partial charge in [0.05, 0.1) is 0 Å². The van der Waals surface area contributed by atoms with E-state index in [9.17, 15) is 19.2 Å². The number of amides is 4. The molecule has 1 fully saturated rings. The van der Waals surface area contributed by atoms with Crippen LogP contribution in [0.3, 0.4) is 0 Å². The Bertz CT molecular complexity index is 426. The van der Waals surface area contributed by atoms with E-state index < -0.39 is 24.0 Å². The molecule has 9 heteroatoms. The molecule has 0 aromatic heterocycles. The highest BCUT2D eigenvalue weighted by atomic mass is 32.2. The Morgan fingerprint density at radius 2 is 2.10 bits per heavy atom. The van der Waals surface area contributed by atoms with Gasteiger partial charge in [-0.3, -0.25) is 19.7 Å². The fourth-order valence-corrected chi connectivity index (χ4v) is 2.41. The third kappa shape index (κ3) is 4.72. The van der Waals surface area contributed by atoms with Gasteiger partial charge in [-0.15, -0.1) is 0 Å². The number of carbonyl (C=O) groups is 4. The summed E-state index contributed by atoms with van der Waals surface area (Å²) in [5.74, 6) is -1.17. The predicted molar refractivity (Wildman–Crippen MR) is 71.9 cm³/mol. The Morgan fingerprint density at radius 1 is 1.45 bits per heavy atom. The average Bonchev–Trinajstić information content (AvgIpc) is 2.70. The first-order valence-electron chi connectivity index (χ1n) is 6.02. The smallest absolute Gasteiger partial charge is 0.326 e. The van der Waals surface area contributed by atoms with Crippen molar-refractivity contribution in [1.82, 2.24) is 10.2 Å². The molecule has 1 saturated heterocycles. The first kappa shape index (κ1) is 16.3. The van der Waals surface area contributed by atoms with Crippen molar-refractivity contribution >= 4 is 34.9 Å². The number of hydrogen-bond acceptors (Lipinski definition) is 6. The number of hydrogen-bond donors (Lipinski definition) is 2. The summed E-state index contributed by atoms with van der Waals surface area (Å²) in [7, 11) is 0. The van der Waals surface area contributed by atoms with Crippen molar-refractivity contribution < 1.29 is 23.9 Å². The van der Waals surface area contributed by atoms with Crippen LogP contribution in [0.5, 0.6) is 0 Å². The van der Waals surface area contributed by atoms with Crippen LogP contribution in [0.15, 0.2) is 0 Å². The number of primary amides is 1. The predicted octanol–water partition coefficient (Wildman–Crippen LogP) is -0.0821. The number of nitrogens with zero attached hydrogens (tertiary/aromatic N) is 1.